The highest BCUT2D eigenvalue weighted by atomic mass is 31.2. The van der Waals surface area contributed by atoms with E-state index in [-0.39, 0.29) is 25.7 Å². The van der Waals surface area contributed by atoms with Crippen LogP contribution in [0.25, 0.3) is 0 Å². The zero-order valence-corrected chi connectivity index (χ0v) is 61.7. The van der Waals surface area contributed by atoms with Gasteiger partial charge in [-0.3, -0.25) is 37.3 Å². The molecule has 19 heteroatoms. The van der Waals surface area contributed by atoms with Gasteiger partial charge >= 0.3 is 39.5 Å². The van der Waals surface area contributed by atoms with E-state index in [1.54, 1.807) is 0 Å². The normalized spacial score (nSPS) is 14.2. The van der Waals surface area contributed by atoms with Gasteiger partial charge in [-0.25, -0.2) is 9.13 Å². The zero-order chi connectivity index (χ0) is 68.4. The number of carbonyl (C=O) groups is 4. The minimum atomic E-state index is -4.96. The molecule has 0 amide bonds. The van der Waals surface area contributed by atoms with Crippen LogP contribution >= 0.6 is 15.6 Å². The molecule has 0 aliphatic heterocycles. The van der Waals surface area contributed by atoms with Crippen LogP contribution in [0.3, 0.4) is 0 Å². The highest BCUT2D eigenvalue weighted by Crippen LogP contribution is 2.45. The summed E-state index contributed by atoms with van der Waals surface area (Å²) in [7, 11) is -9.92. The maximum Gasteiger partial charge on any atom is 0.472 e. The molecular weight excluding hydrogens is 1220 g/mol. The smallest absolute Gasteiger partial charge is 0.462 e. The van der Waals surface area contributed by atoms with Crippen molar-refractivity contribution >= 4 is 39.5 Å². The van der Waals surface area contributed by atoms with Gasteiger partial charge in [0.2, 0.25) is 0 Å². The SMILES string of the molecule is CCCCCC/C=C\C=C/CCCCCCCC(=O)O[C@H](COC(=O)CCCCCCCCCCCCCCCC)COP(=O)(O)OC[C@@H](O)COP(=O)(O)OC[C@@H](COC(=O)CCCCCCCCCCCCCC)OC(=O)CCCCCCCCCCCC(C)C. The Kier molecular flexibility index (Phi) is 65.0. The number of rotatable bonds is 72. The van der Waals surface area contributed by atoms with Gasteiger partial charge in [0.25, 0.3) is 0 Å². The average molecular weight is 1360 g/mol. The first-order chi connectivity index (χ1) is 45.0. The fourth-order valence-corrected chi connectivity index (χ4v) is 12.4. The monoisotopic (exact) mass is 1360 g/mol. The van der Waals surface area contributed by atoms with E-state index in [2.05, 4.69) is 58.9 Å². The number of allylic oxidation sites excluding steroid dienone is 4. The first-order valence-corrected chi connectivity index (χ1v) is 40.9. The lowest BCUT2D eigenvalue weighted by atomic mass is 10.0. The molecule has 0 rings (SSSR count). The second-order valence-electron chi connectivity index (χ2n) is 26.5. The number of esters is 4. The topological polar surface area (TPSA) is 237 Å². The van der Waals surface area contributed by atoms with Crippen molar-refractivity contribution in [3.63, 3.8) is 0 Å². The van der Waals surface area contributed by atoms with Gasteiger partial charge in [0, 0.05) is 25.7 Å². The molecule has 0 saturated heterocycles. The Labute approximate surface area is 567 Å². The summed E-state index contributed by atoms with van der Waals surface area (Å²) in [5, 5.41) is 10.6. The van der Waals surface area contributed by atoms with Crippen molar-refractivity contribution in [3.8, 4) is 0 Å². The van der Waals surface area contributed by atoms with Crippen LogP contribution in [-0.2, 0) is 65.4 Å². The number of aliphatic hydroxyl groups excluding tert-OH is 1. The molecule has 0 aliphatic rings. The van der Waals surface area contributed by atoms with E-state index in [9.17, 15) is 43.2 Å². The van der Waals surface area contributed by atoms with Crippen molar-refractivity contribution in [1.82, 2.24) is 0 Å². The molecule has 0 aromatic rings. The van der Waals surface area contributed by atoms with Gasteiger partial charge in [-0.1, -0.05) is 309 Å². The lowest BCUT2D eigenvalue weighted by Crippen LogP contribution is -2.30. The number of unbranched alkanes of at least 4 members (excludes halogenated alkanes) is 41. The summed E-state index contributed by atoms with van der Waals surface area (Å²) in [5.74, 6) is -1.41. The summed E-state index contributed by atoms with van der Waals surface area (Å²) < 4.78 is 68.4. The third kappa shape index (κ3) is 67.9. The Bertz CT molecular complexity index is 1880. The third-order valence-electron chi connectivity index (χ3n) is 16.7. The zero-order valence-electron chi connectivity index (χ0n) is 59.9. The molecule has 2 unspecified atom stereocenters. The molecule has 0 saturated carbocycles. The van der Waals surface area contributed by atoms with Crippen LogP contribution in [0, 0.1) is 5.92 Å². The van der Waals surface area contributed by atoms with Gasteiger partial charge in [-0.15, -0.1) is 0 Å². The first-order valence-electron chi connectivity index (χ1n) is 38.0. The molecule has 5 atom stereocenters. The second kappa shape index (κ2) is 66.8. The predicted molar refractivity (Wildman–Crippen MR) is 377 cm³/mol. The summed E-state index contributed by atoms with van der Waals surface area (Å²) in [6, 6.07) is 0. The Morgan fingerprint density at radius 2 is 0.581 bits per heavy atom. The van der Waals surface area contributed by atoms with E-state index >= 15 is 0 Å². The molecule has 3 N–H and O–H groups in total. The van der Waals surface area contributed by atoms with Crippen molar-refractivity contribution in [3.05, 3.63) is 24.3 Å². The van der Waals surface area contributed by atoms with Crippen molar-refractivity contribution in [2.24, 2.45) is 5.92 Å². The van der Waals surface area contributed by atoms with Gasteiger partial charge in [-0.05, 0) is 57.3 Å². The standard InChI is InChI=1S/C74H140O17P2/c1-6-9-12-15-18-21-24-27-29-31-34-39-44-49-54-59-73(78)90-69(63-85-72(77)58-53-48-43-38-33-30-28-25-22-19-16-13-10-7-2)65-88-92(80,81)86-61-68(75)62-87-93(82,83)89-66-70(91-74(79)60-55-50-45-40-35-36-41-46-51-56-67(4)5)64-84-71(76)57-52-47-42-37-32-26-23-20-17-14-11-8-3/h21,24,27,29,67-70,75H,6-20,22-23,25-26,28,30-66H2,1-5H3,(H,80,81)(H,82,83)/b24-21-,29-27-/t68-,69-,70-/m1/s1. The van der Waals surface area contributed by atoms with Gasteiger partial charge in [0.15, 0.2) is 12.2 Å². The molecule has 0 heterocycles. The van der Waals surface area contributed by atoms with E-state index in [1.807, 2.05) is 0 Å². The molecule has 0 bridgehead atoms. The van der Waals surface area contributed by atoms with Crippen molar-refractivity contribution in [2.75, 3.05) is 39.6 Å². The first kappa shape index (κ1) is 90.5. The van der Waals surface area contributed by atoms with Crippen LogP contribution in [-0.4, -0.2) is 96.7 Å². The number of hydrogen-bond donors (Lipinski definition) is 3. The maximum absolute atomic E-state index is 13.1. The Morgan fingerprint density at radius 3 is 0.882 bits per heavy atom. The minimum Gasteiger partial charge on any atom is -0.462 e. The molecule has 17 nitrogen and oxygen atoms in total. The van der Waals surface area contributed by atoms with E-state index in [1.165, 1.54) is 173 Å². The van der Waals surface area contributed by atoms with Crippen LogP contribution in [0.2, 0.25) is 0 Å². The summed E-state index contributed by atoms with van der Waals surface area (Å²) in [6.07, 6.45) is 57.5. The van der Waals surface area contributed by atoms with Gasteiger partial charge in [0.05, 0.1) is 26.4 Å². The van der Waals surface area contributed by atoms with Crippen molar-refractivity contribution in [2.45, 2.75) is 380 Å². The highest BCUT2D eigenvalue weighted by Gasteiger charge is 2.30. The van der Waals surface area contributed by atoms with Crippen LogP contribution in [0.4, 0.5) is 0 Å². The van der Waals surface area contributed by atoms with Gasteiger partial charge in [0.1, 0.15) is 19.3 Å². The second-order valence-corrected chi connectivity index (χ2v) is 29.4. The third-order valence-corrected chi connectivity index (χ3v) is 18.6. The molecule has 0 aromatic carbocycles. The maximum atomic E-state index is 13.1. The molecule has 0 aliphatic carbocycles. The molecule has 548 valence electrons. The highest BCUT2D eigenvalue weighted by molar-refractivity contribution is 7.47. The predicted octanol–water partition coefficient (Wildman–Crippen LogP) is 21.2. The van der Waals surface area contributed by atoms with E-state index in [0.29, 0.717) is 25.7 Å². The number of carbonyl (C=O) groups excluding carboxylic acids is 4. The van der Waals surface area contributed by atoms with E-state index < -0.39 is 97.5 Å². The number of phosphoric ester groups is 2. The number of phosphoric acid groups is 2. The summed E-state index contributed by atoms with van der Waals surface area (Å²) >= 11 is 0. The minimum absolute atomic E-state index is 0.0856. The Morgan fingerprint density at radius 1 is 0.333 bits per heavy atom. The van der Waals surface area contributed by atoms with Gasteiger partial charge < -0.3 is 33.8 Å². The largest absolute Gasteiger partial charge is 0.472 e. The lowest BCUT2D eigenvalue weighted by molar-refractivity contribution is -0.161. The average Bonchev–Trinajstić information content (AvgIpc) is 1.82. The Hall–Kier alpha value is -2.46. The summed E-state index contributed by atoms with van der Waals surface area (Å²) in [6.45, 7) is 7.19. The van der Waals surface area contributed by atoms with Gasteiger partial charge in [-0.2, -0.15) is 0 Å². The molecule has 0 radical (unpaired) electrons. The van der Waals surface area contributed by atoms with Crippen molar-refractivity contribution < 1.29 is 80.2 Å². The van der Waals surface area contributed by atoms with E-state index in [4.69, 9.17) is 37.0 Å². The molecule has 93 heavy (non-hydrogen) atoms. The summed E-state index contributed by atoms with van der Waals surface area (Å²) in [5.41, 5.74) is 0. The quantitative estimate of drug-likeness (QED) is 0.0169. The summed E-state index contributed by atoms with van der Waals surface area (Å²) in [4.78, 5) is 72.7. The van der Waals surface area contributed by atoms with Crippen molar-refractivity contribution in [1.29, 1.82) is 0 Å². The fourth-order valence-electron chi connectivity index (χ4n) is 10.8. The number of ether oxygens (including phenoxy) is 4. The van der Waals surface area contributed by atoms with Crippen LogP contribution in [0.1, 0.15) is 362 Å². The fraction of sp³-hybridized carbons (Fsp3) is 0.892. The molecular formula is C74H140O17P2. The molecule has 0 aromatic heterocycles. The van der Waals surface area contributed by atoms with Crippen LogP contribution < -0.4 is 0 Å². The lowest BCUT2D eigenvalue weighted by Gasteiger charge is -2.21. The number of hydrogen-bond acceptors (Lipinski definition) is 15. The van der Waals surface area contributed by atoms with Crippen LogP contribution in [0.5, 0.6) is 0 Å². The van der Waals surface area contributed by atoms with E-state index in [0.717, 1.165) is 109 Å². The van der Waals surface area contributed by atoms with Crippen LogP contribution in [0.15, 0.2) is 24.3 Å². The number of aliphatic hydroxyl groups is 1. The molecule has 0 fully saturated rings. The molecule has 0 spiro atoms. The Balaban J connectivity index is 5.29.